The summed E-state index contributed by atoms with van der Waals surface area (Å²) in [7, 11) is 0. The Morgan fingerprint density at radius 3 is 2.22 bits per heavy atom. The smallest absolute Gasteiger partial charge is 0.138 e. The first-order valence-electron chi connectivity index (χ1n) is 7.79. The van der Waals surface area contributed by atoms with Gasteiger partial charge in [-0.1, -0.05) is 68.2 Å². The highest BCUT2D eigenvalue weighted by Crippen LogP contribution is 2.30. The molecule has 0 radical (unpaired) electrons. The van der Waals surface area contributed by atoms with Crippen LogP contribution in [0.15, 0.2) is 48.5 Å². The predicted molar refractivity (Wildman–Crippen MR) is 98.4 cm³/mol. The van der Waals surface area contributed by atoms with Gasteiger partial charge in [0.15, 0.2) is 0 Å². The van der Waals surface area contributed by atoms with Crippen LogP contribution >= 0.6 is 23.2 Å². The van der Waals surface area contributed by atoms with Crippen LogP contribution < -0.4 is 0 Å². The van der Waals surface area contributed by atoms with Gasteiger partial charge >= 0.3 is 0 Å². The summed E-state index contributed by atoms with van der Waals surface area (Å²) in [4.78, 5) is 12.5. The van der Waals surface area contributed by atoms with Crippen molar-refractivity contribution < 1.29 is 4.79 Å². The van der Waals surface area contributed by atoms with Crippen LogP contribution in [0.3, 0.4) is 0 Å². The first-order valence-corrected chi connectivity index (χ1v) is 8.54. The summed E-state index contributed by atoms with van der Waals surface area (Å²) >= 11 is 12.1. The van der Waals surface area contributed by atoms with E-state index in [1.807, 2.05) is 63.2 Å². The fraction of sp³-hybridized carbons (Fsp3) is 0.350. The molecule has 0 amide bonds. The van der Waals surface area contributed by atoms with Crippen LogP contribution in [0.4, 0.5) is 0 Å². The molecule has 3 heteroatoms. The number of rotatable bonds is 5. The summed E-state index contributed by atoms with van der Waals surface area (Å²) in [6.07, 6.45) is 1.29. The van der Waals surface area contributed by atoms with Crippen LogP contribution in [-0.2, 0) is 11.2 Å². The van der Waals surface area contributed by atoms with E-state index < -0.39 is 0 Å². The van der Waals surface area contributed by atoms with E-state index >= 15 is 0 Å². The number of benzene rings is 2. The van der Waals surface area contributed by atoms with Crippen molar-refractivity contribution in [1.29, 1.82) is 0 Å². The standard InChI is InChI=1S/C20H22Cl2O/c1-20(2,3)19(23)13-16(15-7-9-17(21)10-8-15)11-14-5-4-6-18(22)12-14/h4-10,12,16H,11,13H2,1-3H3. The molecule has 0 bridgehead atoms. The predicted octanol–water partition coefficient (Wildman–Crippen LogP) is 6.33. The van der Waals surface area contributed by atoms with Crippen LogP contribution in [-0.4, -0.2) is 5.78 Å². The third-order valence-electron chi connectivity index (χ3n) is 3.98. The molecule has 0 aliphatic carbocycles. The zero-order valence-electron chi connectivity index (χ0n) is 13.8. The summed E-state index contributed by atoms with van der Waals surface area (Å²) in [5.41, 5.74) is 1.94. The van der Waals surface area contributed by atoms with Crippen LogP contribution in [0, 0.1) is 5.41 Å². The minimum absolute atomic E-state index is 0.123. The number of hydrogen-bond acceptors (Lipinski definition) is 1. The Bertz CT molecular complexity index is 669. The van der Waals surface area contributed by atoms with Gasteiger partial charge in [0.2, 0.25) is 0 Å². The molecule has 1 unspecified atom stereocenters. The van der Waals surface area contributed by atoms with Crippen LogP contribution in [0.1, 0.15) is 44.2 Å². The lowest BCUT2D eigenvalue weighted by Crippen LogP contribution is -2.23. The molecule has 0 N–H and O–H groups in total. The number of carbonyl (C=O) groups excluding carboxylic acids is 1. The summed E-state index contributed by atoms with van der Waals surface area (Å²) < 4.78 is 0. The van der Waals surface area contributed by atoms with Gasteiger partial charge in [0.05, 0.1) is 0 Å². The van der Waals surface area contributed by atoms with E-state index in [0.29, 0.717) is 11.4 Å². The number of carbonyl (C=O) groups is 1. The highest BCUT2D eigenvalue weighted by molar-refractivity contribution is 6.30. The van der Waals surface area contributed by atoms with E-state index in [1.165, 1.54) is 0 Å². The molecule has 122 valence electrons. The van der Waals surface area contributed by atoms with Crippen molar-refractivity contribution in [2.75, 3.05) is 0 Å². The number of hydrogen-bond donors (Lipinski definition) is 0. The largest absolute Gasteiger partial charge is 0.299 e. The maximum atomic E-state index is 12.5. The Labute approximate surface area is 148 Å². The molecule has 1 nitrogen and oxygen atoms in total. The molecule has 1 atom stereocenters. The maximum absolute atomic E-state index is 12.5. The molecule has 0 aliphatic heterocycles. The van der Waals surface area contributed by atoms with Crippen molar-refractivity contribution in [2.45, 2.75) is 39.5 Å². The maximum Gasteiger partial charge on any atom is 0.138 e. The SMILES string of the molecule is CC(C)(C)C(=O)CC(Cc1cccc(Cl)c1)c1ccc(Cl)cc1. The van der Waals surface area contributed by atoms with E-state index in [1.54, 1.807) is 0 Å². The molecule has 2 rings (SSSR count). The minimum Gasteiger partial charge on any atom is -0.299 e. The number of halogens is 2. The summed E-state index contributed by atoms with van der Waals surface area (Å²) in [6.45, 7) is 5.90. The molecule has 2 aromatic rings. The van der Waals surface area contributed by atoms with Crippen LogP contribution in [0.2, 0.25) is 10.0 Å². The second-order valence-corrected chi connectivity index (χ2v) is 7.83. The van der Waals surface area contributed by atoms with Gasteiger partial charge in [0, 0.05) is 21.9 Å². The van der Waals surface area contributed by atoms with Crippen molar-refractivity contribution in [2.24, 2.45) is 5.41 Å². The Hall–Kier alpha value is -1.31. The number of ketones is 1. The molecule has 0 fully saturated rings. The molecule has 0 saturated heterocycles. The van der Waals surface area contributed by atoms with Crippen molar-refractivity contribution in [3.63, 3.8) is 0 Å². The van der Waals surface area contributed by atoms with Crippen LogP contribution in [0.25, 0.3) is 0 Å². The zero-order valence-corrected chi connectivity index (χ0v) is 15.3. The van der Waals surface area contributed by atoms with Gasteiger partial charge in [0.25, 0.3) is 0 Å². The highest BCUT2D eigenvalue weighted by atomic mass is 35.5. The highest BCUT2D eigenvalue weighted by Gasteiger charge is 2.25. The van der Waals surface area contributed by atoms with E-state index in [4.69, 9.17) is 23.2 Å². The Morgan fingerprint density at radius 1 is 1.00 bits per heavy atom. The van der Waals surface area contributed by atoms with Gasteiger partial charge in [-0.15, -0.1) is 0 Å². The summed E-state index contributed by atoms with van der Waals surface area (Å²) in [5, 5.41) is 1.43. The molecular formula is C20H22Cl2O. The Morgan fingerprint density at radius 2 is 1.65 bits per heavy atom. The minimum atomic E-state index is -0.334. The second-order valence-electron chi connectivity index (χ2n) is 6.96. The van der Waals surface area contributed by atoms with E-state index in [0.717, 1.165) is 22.6 Å². The lowest BCUT2D eigenvalue weighted by molar-refractivity contribution is -0.126. The van der Waals surface area contributed by atoms with Crippen molar-refractivity contribution >= 4 is 29.0 Å². The van der Waals surface area contributed by atoms with Gasteiger partial charge in [0.1, 0.15) is 5.78 Å². The molecule has 23 heavy (non-hydrogen) atoms. The normalized spacial score (nSPS) is 12.9. The van der Waals surface area contributed by atoms with Crippen molar-refractivity contribution in [3.8, 4) is 0 Å². The lowest BCUT2D eigenvalue weighted by atomic mass is 9.80. The molecule has 0 spiro atoms. The van der Waals surface area contributed by atoms with Gasteiger partial charge in [-0.2, -0.15) is 0 Å². The molecule has 0 heterocycles. The quantitative estimate of drug-likeness (QED) is 0.617. The van der Waals surface area contributed by atoms with E-state index in [-0.39, 0.29) is 17.1 Å². The fourth-order valence-corrected chi connectivity index (χ4v) is 2.86. The summed E-state index contributed by atoms with van der Waals surface area (Å²) in [5.74, 6) is 0.386. The summed E-state index contributed by atoms with van der Waals surface area (Å²) in [6, 6.07) is 15.6. The lowest BCUT2D eigenvalue weighted by Gasteiger charge is -2.23. The van der Waals surface area contributed by atoms with Crippen molar-refractivity contribution in [1.82, 2.24) is 0 Å². The van der Waals surface area contributed by atoms with Gasteiger partial charge in [-0.25, -0.2) is 0 Å². The van der Waals surface area contributed by atoms with Gasteiger partial charge < -0.3 is 0 Å². The van der Waals surface area contributed by atoms with E-state index in [9.17, 15) is 4.79 Å². The van der Waals surface area contributed by atoms with E-state index in [2.05, 4.69) is 6.07 Å². The van der Waals surface area contributed by atoms with Crippen molar-refractivity contribution in [3.05, 3.63) is 69.7 Å². The first kappa shape index (κ1) is 18.0. The fourth-order valence-electron chi connectivity index (χ4n) is 2.52. The third-order valence-corrected chi connectivity index (χ3v) is 4.47. The number of Topliss-reactive ketones (excluding diaryl/α,β-unsaturated/α-hetero) is 1. The zero-order chi connectivity index (χ0) is 17.0. The first-order chi connectivity index (χ1) is 10.8. The second kappa shape index (κ2) is 7.51. The molecular weight excluding hydrogens is 327 g/mol. The average molecular weight is 349 g/mol. The van der Waals surface area contributed by atoms with Crippen LogP contribution in [0.5, 0.6) is 0 Å². The molecule has 0 aromatic heterocycles. The van der Waals surface area contributed by atoms with Gasteiger partial charge in [-0.3, -0.25) is 4.79 Å². The molecule has 0 saturated carbocycles. The average Bonchev–Trinajstić information content (AvgIpc) is 2.46. The topological polar surface area (TPSA) is 17.1 Å². The van der Waals surface area contributed by atoms with Gasteiger partial charge in [-0.05, 0) is 47.7 Å². The monoisotopic (exact) mass is 348 g/mol. The molecule has 2 aromatic carbocycles. The Kier molecular flexibility index (Phi) is 5.89. The third kappa shape index (κ3) is 5.37. The molecule has 0 aliphatic rings. The Balaban J connectivity index is 2.27.